The number of ether oxygens (including phenoxy) is 1. The van der Waals surface area contributed by atoms with E-state index in [-0.39, 0.29) is 5.69 Å². The lowest BCUT2D eigenvalue weighted by molar-refractivity contribution is 0.0828. The number of nitrogens with zero attached hydrogens (tertiary/aromatic N) is 1. The molecule has 0 saturated heterocycles. The second-order valence-corrected chi connectivity index (χ2v) is 6.41. The Bertz CT molecular complexity index is 588. The van der Waals surface area contributed by atoms with Gasteiger partial charge in [0, 0.05) is 6.20 Å². The van der Waals surface area contributed by atoms with Crippen LogP contribution in [0.15, 0.2) is 54.7 Å². The fourth-order valence-electron chi connectivity index (χ4n) is 1.50. The number of amides is 1. The van der Waals surface area contributed by atoms with Gasteiger partial charge < -0.3 is 10.1 Å². The highest BCUT2D eigenvalue weighted by Crippen LogP contribution is 2.32. The summed E-state index contributed by atoms with van der Waals surface area (Å²) in [5, 5.41) is 2.50. The Morgan fingerprint density at radius 1 is 1.10 bits per heavy atom. The topological polar surface area (TPSA) is 51.2 Å². The highest BCUT2D eigenvalue weighted by molar-refractivity contribution is 6.68. The lowest BCUT2D eigenvalue weighted by Crippen LogP contribution is -2.48. The van der Waals surface area contributed by atoms with Gasteiger partial charge in [-0.3, -0.25) is 9.78 Å². The number of aromatic nitrogens is 1. The van der Waals surface area contributed by atoms with Crippen LogP contribution in [0.2, 0.25) is 0 Å². The van der Waals surface area contributed by atoms with Gasteiger partial charge in [0.25, 0.3) is 5.91 Å². The Kier molecular flexibility index (Phi) is 5.28. The third-order valence-corrected chi connectivity index (χ3v) is 3.05. The molecule has 2 aromatic rings. The van der Waals surface area contributed by atoms with Crippen molar-refractivity contribution in [3.05, 3.63) is 60.4 Å². The van der Waals surface area contributed by atoms with Crippen molar-refractivity contribution in [1.82, 2.24) is 10.3 Å². The summed E-state index contributed by atoms with van der Waals surface area (Å²) in [6, 6.07) is 13.7. The number of hydrogen-bond acceptors (Lipinski definition) is 3. The largest absolute Gasteiger partial charge is 0.466 e. The van der Waals surface area contributed by atoms with E-state index in [1.165, 1.54) is 6.20 Å². The minimum atomic E-state index is -1.83. The molecule has 0 unspecified atom stereocenters. The van der Waals surface area contributed by atoms with Crippen molar-refractivity contribution < 1.29 is 9.53 Å². The van der Waals surface area contributed by atoms with Gasteiger partial charge in [-0.2, -0.15) is 0 Å². The number of halogens is 3. The Labute approximate surface area is 137 Å². The molecule has 4 nitrogen and oxygen atoms in total. The van der Waals surface area contributed by atoms with E-state index in [2.05, 4.69) is 10.3 Å². The molecule has 110 valence electrons. The molecule has 1 amide bonds. The van der Waals surface area contributed by atoms with Crippen molar-refractivity contribution in [2.24, 2.45) is 0 Å². The molecule has 0 aliphatic heterocycles. The van der Waals surface area contributed by atoms with E-state index in [9.17, 15) is 4.79 Å². The number of benzene rings is 1. The molecule has 0 aliphatic carbocycles. The maximum absolute atomic E-state index is 12.1. The Hall–Kier alpha value is -1.49. The van der Waals surface area contributed by atoms with Crippen LogP contribution in [0.3, 0.4) is 0 Å². The first-order valence-corrected chi connectivity index (χ1v) is 7.10. The highest BCUT2D eigenvalue weighted by Gasteiger charge is 2.36. The Morgan fingerprint density at radius 3 is 2.33 bits per heavy atom. The number of carbonyl (C=O) groups excluding carboxylic acids is 1. The van der Waals surface area contributed by atoms with Crippen LogP contribution >= 0.6 is 34.8 Å². The van der Waals surface area contributed by atoms with Crippen molar-refractivity contribution in [2.75, 3.05) is 0 Å². The fourth-order valence-corrected chi connectivity index (χ4v) is 1.80. The van der Waals surface area contributed by atoms with Gasteiger partial charge in [0.1, 0.15) is 11.4 Å². The third-order valence-electron chi connectivity index (χ3n) is 2.45. The number of carbonyl (C=O) groups is 1. The number of pyridine rings is 1. The van der Waals surface area contributed by atoms with E-state index in [1.54, 1.807) is 42.5 Å². The van der Waals surface area contributed by atoms with Crippen LogP contribution in [0, 0.1) is 0 Å². The predicted octanol–water partition coefficient (Wildman–Crippen LogP) is 3.59. The van der Waals surface area contributed by atoms with Crippen LogP contribution in [0.4, 0.5) is 0 Å². The maximum Gasteiger partial charge on any atom is 0.272 e. The second kappa shape index (κ2) is 6.98. The van der Waals surface area contributed by atoms with Gasteiger partial charge in [-0.25, -0.2) is 0 Å². The summed E-state index contributed by atoms with van der Waals surface area (Å²) in [5.74, 6) is -0.0296. The molecule has 2 rings (SSSR count). The first kappa shape index (κ1) is 15.9. The van der Waals surface area contributed by atoms with Crippen molar-refractivity contribution in [2.45, 2.75) is 10.0 Å². The van der Waals surface area contributed by atoms with Crippen LogP contribution in [-0.2, 0) is 0 Å². The van der Waals surface area contributed by atoms with Crippen LogP contribution in [0.25, 0.3) is 0 Å². The van der Waals surface area contributed by atoms with Crippen molar-refractivity contribution in [3.8, 4) is 5.75 Å². The standard InChI is InChI=1S/C14H11Cl3N2O2/c15-14(16,17)13(21-10-6-2-1-3-7-10)19-12(20)11-8-4-5-9-18-11/h1-9,13H,(H,19,20)/t13-/m1/s1. The molecule has 0 fully saturated rings. The zero-order chi connectivity index (χ0) is 15.3. The lowest BCUT2D eigenvalue weighted by atomic mass is 10.3. The molecule has 7 heteroatoms. The molecule has 0 radical (unpaired) electrons. The molecular formula is C14H11Cl3N2O2. The first-order valence-electron chi connectivity index (χ1n) is 5.97. The summed E-state index contributed by atoms with van der Waals surface area (Å²) in [5.41, 5.74) is 0.202. The molecule has 1 aromatic heterocycles. The van der Waals surface area contributed by atoms with Gasteiger partial charge >= 0.3 is 0 Å². The summed E-state index contributed by atoms with van der Waals surface area (Å²) in [6.45, 7) is 0. The molecule has 0 spiro atoms. The van der Waals surface area contributed by atoms with E-state index in [0.29, 0.717) is 5.75 Å². The van der Waals surface area contributed by atoms with Crippen LogP contribution in [0.1, 0.15) is 10.5 Å². The zero-order valence-electron chi connectivity index (χ0n) is 10.7. The molecule has 1 aromatic carbocycles. The average Bonchev–Trinajstić information content (AvgIpc) is 2.47. The van der Waals surface area contributed by atoms with E-state index >= 15 is 0 Å². The van der Waals surface area contributed by atoms with Gasteiger partial charge in [-0.1, -0.05) is 59.1 Å². The SMILES string of the molecule is O=C(N[C@H](Oc1ccccc1)C(Cl)(Cl)Cl)c1ccccn1. The van der Waals surface area contributed by atoms with E-state index in [0.717, 1.165) is 0 Å². The molecule has 0 bridgehead atoms. The molecule has 0 aliphatic rings. The van der Waals surface area contributed by atoms with Crippen LogP contribution < -0.4 is 10.1 Å². The summed E-state index contributed by atoms with van der Waals surface area (Å²) < 4.78 is 3.68. The highest BCUT2D eigenvalue weighted by atomic mass is 35.6. The number of alkyl halides is 3. The molecule has 21 heavy (non-hydrogen) atoms. The lowest BCUT2D eigenvalue weighted by Gasteiger charge is -2.26. The van der Waals surface area contributed by atoms with Crippen LogP contribution in [-0.4, -0.2) is 20.9 Å². The fraction of sp³-hybridized carbons (Fsp3) is 0.143. The van der Waals surface area contributed by atoms with Gasteiger partial charge in [-0.05, 0) is 24.3 Å². The van der Waals surface area contributed by atoms with Crippen molar-refractivity contribution in [1.29, 1.82) is 0 Å². The van der Waals surface area contributed by atoms with Gasteiger partial charge in [0.05, 0.1) is 0 Å². The quantitative estimate of drug-likeness (QED) is 0.680. The Morgan fingerprint density at radius 2 is 1.76 bits per heavy atom. The molecule has 1 heterocycles. The van der Waals surface area contributed by atoms with E-state index < -0.39 is 15.9 Å². The summed E-state index contributed by atoms with van der Waals surface area (Å²) in [7, 11) is 0. The summed E-state index contributed by atoms with van der Waals surface area (Å²) >= 11 is 17.6. The van der Waals surface area contributed by atoms with E-state index in [4.69, 9.17) is 39.5 Å². The minimum absolute atomic E-state index is 0.202. The smallest absolute Gasteiger partial charge is 0.272 e. The second-order valence-electron chi connectivity index (χ2n) is 4.04. The molecular weight excluding hydrogens is 335 g/mol. The molecule has 1 N–H and O–H groups in total. The number of rotatable bonds is 4. The normalized spacial score (nSPS) is 12.5. The van der Waals surface area contributed by atoms with Crippen LogP contribution in [0.5, 0.6) is 5.75 Å². The average molecular weight is 346 g/mol. The zero-order valence-corrected chi connectivity index (χ0v) is 12.9. The number of para-hydroxylation sites is 1. The van der Waals surface area contributed by atoms with Gasteiger partial charge in [-0.15, -0.1) is 0 Å². The van der Waals surface area contributed by atoms with Gasteiger partial charge in [0.2, 0.25) is 10.0 Å². The number of hydrogen-bond donors (Lipinski definition) is 1. The first-order chi connectivity index (χ1) is 9.97. The molecule has 0 saturated carbocycles. The minimum Gasteiger partial charge on any atom is -0.466 e. The summed E-state index contributed by atoms with van der Waals surface area (Å²) in [6.07, 6.45) is 0.344. The van der Waals surface area contributed by atoms with E-state index in [1.807, 2.05) is 6.07 Å². The Balaban J connectivity index is 2.12. The molecule has 1 atom stereocenters. The maximum atomic E-state index is 12.1. The monoisotopic (exact) mass is 344 g/mol. The summed E-state index contributed by atoms with van der Waals surface area (Å²) in [4.78, 5) is 16.0. The predicted molar refractivity (Wildman–Crippen MR) is 82.9 cm³/mol. The number of nitrogens with one attached hydrogen (secondary N) is 1. The third kappa shape index (κ3) is 4.77. The van der Waals surface area contributed by atoms with Crippen molar-refractivity contribution >= 4 is 40.7 Å². The van der Waals surface area contributed by atoms with Gasteiger partial charge in [0.15, 0.2) is 0 Å². The van der Waals surface area contributed by atoms with Crippen molar-refractivity contribution in [3.63, 3.8) is 0 Å².